The number of benzene rings is 2. The Morgan fingerprint density at radius 1 is 0.917 bits per heavy atom. The van der Waals surface area contributed by atoms with Crippen LogP contribution in [-0.4, -0.2) is 30.8 Å². The molecule has 0 saturated carbocycles. The molecular formula is C20H28N2O2. The Labute approximate surface area is 144 Å². The molecule has 2 rings (SSSR count). The fraction of sp³-hybridized carbons (Fsp3) is 0.400. The molecule has 0 bridgehead atoms. The second-order valence-corrected chi connectivity index (χ2v) is 6.15. The number of aliphatic hydroxyl groups excluding tert-OH is 1. The van der Waals surface area contributed by atoms with E-state index in [0.717, 1.165) is 25.4 Å². The molecule has 0 heterocycles. The Kier molecular flexibility index (Phi) is 7.75. The van der Waals surface area contributed by atoms with Crippen LogP contribution in [0.5, 0.6) is 5.75 Å². The van der Waals surface area contributed by atoms with E-state index in [-0.39, 0.29) is 6.10 Å². The molecule has 0 saturated heterocycles. The fourth-order valence-electron chi connectivity index (χ4n) is 2.27. The second-order valence-electron chi connectivity index (χ2n) is 6.15. The number of nitrogens with one attached hydrogen (secondary N) is 2. The van der Waals surface area contributed by atoms with Gasteiger partial charge in [-0.05, 0) is 37.1 Å². The molecule has 0 fully saturated rings. The highest BCUT2D eigenvalue weighted by atomic mass is 16.5. The zero-order valence-electron chi connectivity index (χ0n) is 14.6. The molecule has 0 aliphatic carbocycles. The number of hydrogen-bond donors (Lipinski definition) is 3. The van der Waals surface area contributed by atoms with E-state index >= 15 is 0 Å². The summed E-state index contributed by atoms with van der Waals surface area (Å²) in [6.45, 7) is 7.64. The lowest BCUT2D eigenvalue weighted by molar-refractivity contribution is 0.191. The summed E-state index contributed by atoms with van der Waals surface area (Å²) in [6.07, 6.45) is -0.294. The van der Waals surface area contributed by atoms with E-state index in [9.17, 15) is 0 Å². The Bertz CT molecular complexity index is 580. The van der Waals surface area contributed by atoms with Gasteiger partial charge in [-0.2, -0.15) is 0 Å². The number of aliphatic hydroxyl groups is 1. The molecule has 0 amide bonds. The molecule has 4 nitrogen and oxygen atoms in total. The zero-order chi connectivity index (χ0) is 17.2. The van der Waals surface area contributed by atoms with Crippen LogP contribution in [0.1, 0.15) is 23.6 Å². The maximum atomic E-state index is 9.15. The lowest BCUT2D eigenvalue weighted by Gasteiger charge is -2.09. The minimum atomic E-state index is -0.294. The van der Waals surface area contributed by atoms with Gasteiger partial charge in [0.25, 0.3) is 0 Å². The quantitative estimate of drug-likeness (QED) is 0.587. The van der Waals surface area contributed by atoms with E-state index in [1.54, 1.807) is 6.92 Å². The van der Waals surface area contributed by atoms with Gasteiger partial charge in [0.1, 0.15) is 12.4 Å². The van der Waals surface area contributed by atoms with Crippen molar-refractivity contribution in [1.82, 2.24) is 10.6 Å². The molecule has 4 heteroatoms. The minimum Gasteiger partial charge on any atom is -0.489 e. The van der Waals surface area contributed by atoms with E-state index in [0.29, 0.717) is 13.2 Å². The van der Waals surface area contributed by atoms with Gasteiger partial charge in [0.2, 0.25) is 0 Å². The average molecular weight is 328 g/mol. The molecule has 24 heavy (non-hydrogen) atoms. The van der Waals surface area contributed by atoms with Gasteiger partial charge in [0.15, 0.2) is 0 Å². The summed E-state index contributed by atoms with van der Waals surface area (Å²) in [6, 6.07) is 16.6. The van der Waals surface area contributed by atoms with Crippen LogP contribution in [0.2, 0.25) is 0 Å². The van der Waals surface area contributed by atoms with Crippen molar-refractivity contribution in [3.8, 4) is 5.75 Å². The van der Waals surface area contributed by atoms with Gasteiger partial charge >= 0.3 is 0 Å². The molecule has 0 aliphatic rings. The van der Waals surface area contributed by atoms with Gasteiger partial charge < -0.3 is 20.5 Å². The van der Waals surface area contributed by atoms with Crippen molar-refractivity contribution in [3.63, 3.8) is 0 Å². The van der Waals surface area contributed by atoms with Crippen molar-refractivity contribution in [2.24, 2.45) is 0 Å². The Morgan fingerprint density at radius 3 is 2.21 bits per heavy atom. The van der Waals surface area contributed by atoms with Crippen molar-refractivity contribution in [2.75, 3.05) is 19.6 Å². The predicted molar refractivity (Wildman–Crippen MR) is 98.2 cm³/mol. The van der Waals surface area contributed by atoms with E-state index in [1.165, 1.54) is 16.7 Å². The first-order valence-corrected chi connectivity index (χ1v) is 8.50. The third-order valence-corrected chi connectivity index (χ3v) is 3.70. The normalized spacial score (nSPS) is 12.1. The molecule has 1 unspecified atom stereocenters. The number of hydrogen-bond acceptors (Lipinski definition) is 4. The molecule has 0 radical (unpaired) electrons. The van der Waals surface area contributed by atoms with Crippen molar-refractivity contribution >= 4 is 0 Å². The number of aryl methyl sites for hydroxylation is 1. The van der Waals surface area contributed by atoms with Crippen LogP contribution in [-0.2, 0) is 13.2 Å². The summed E-state index contributed by atoms with van der Waals surface area (Å²) < 4.78 is 5.81. The second kappa shape index (κ2) is 10.1. The van der Waals surface area contributed by atoms with Crippen LogP contribution in [0, 0.1) is 6.92 Å². The molecule has 2 aromatic rings. The Hall–Kier alpha value is -1.88. The fourth-order valence-corrected chi connectivity index (χ4v) is 2.27. The summed E-state index contributed by atoms with van der Waals surface area (Å²) in [5.74, 6) is 0.887. The largest absolute Gasteiger partial charge is 0.489 e. The smallest absolute Gasteiger partial charge is 0.119 e. The van der Waals surface area contributed by atoms with Crippen molar-refractivity contribution in [1.29, 1.82) is 0 Å². The lowest BCUT2D eigenvalue weighted by Crippen LogP contribution is -2.31. The van der Waals surface area contributed by atoms with Crippen LogP contribution >= 0.6 is 0 Å². The van der Waals surface area contributed by atoms with Gasteiger partial charge in [0.05, 0.1) is 6.10 Å². The summed E-state index contributed by atoms with van der Waals surface area (Å²) in [7, 11) is 0. The van der Waals surface area contributed by atoms with Gasteiger partial charge in [-0.15, -0.1) is 0 Å². The molecule has 0 spiro atoms. The van der Waals surface area contributed by atoms with Crippen LogP contribution in [0.4, 0.5) is 0 Å². The maximum Gasteiger partial charge on any atom is 0.119 e. The highest BCUT2D eigenvalue weighted by molar-refractivity contribution is 5.28. The standard InChI is InChI=1S/C20H28N2O2/c1-16-3-5-19(6-4-16)15-24-20-9-7-18(8-10-20)14-22-12-11-21-13-17(2)23/h3-10,17,21-23H,11-15H2,1-2H3. The van der Waals surface area contributed by atoms with Crippen LogP contribution in [0.15, 0.2) is 48.5 Å². The van der Waals surface area contributed by atoms with E-state index in [1.807, 2.05) is 12.1 Å². The van der Waals surface area contributed by atoms with Gasteiger partial charge in [0, 0.05) is 26.2 Å². The third kappa shape index (κ3) is 7.13. The van der Waals surface area contributed by atoms with Crippen LogP contribution in [0.3, 0.4) is 0 Å². The number of rotatable bonds is 10. The molecule has 0 aliphatic heterocycles. The highest BCUT2D eigenvalue weighted by Crippen LogP contribution is 2.14. The lowest BCUT2D eigenvalue weighted by atomic mass is 10.2. The summed E-state index contributed by atoms with van der Waals surface area (Å²) in [5, 5.41) is 15.7. The highest BCUT2D eigenvalue weighted by Gasteiger charge is 1.98. The molecular weight excluding hydrogens is 300 g/mol. The van der Waals surface area contributed by atoms with Gasteiger partial charge in [-0.25, -0.2) is 0 Å². The van der Waals surface area contributed by atoms with E-state index in [4.69, 9.17) is 9.84 Å². The molecule has 0 aromatic heterocycles. The van der Waals surface area contributed by atoms with Crippen molar-refractivity contribution in [2.45, 2.75) is 33.1 Å². The van der Waals surface area contributed by atoms with Crippen molar-refractivity contribution in [3.05, 3.63) is 65.2 Å². The zero-order valence-corrected chi connectivity index (χ0v) is 14.6. The first-order chi connectivity index (χ1) is 11.6. The molecule has 2 aromatic carbocycles. The molecule has 1 atom stereocenters. The Morgan fingerprint density at radius 2 is 1.54 bits per heavy atom. The number of ether oxygens (including phenoxy) is 1. The van der Waals surface area contributed by atoms with Crippen molar-refractivity contribution < 1.29 is 9.84 Å². The van der Waals surface area contributed by atoms with Gasteiger partial charge in [-0.3, -0.25) is 0 Å². The van der Waals surface area contributed by atoms with Crippen LogP contribution < -0.4 is 15.4 Å². The monoisotopic (exact) mass is 328 g/mol. The van der Waals surface area contributed by atoms with Crippen LogP contribution in [0.25, 0.3) is 0 Å². The summed E-state index contributed by atoms with van der Waals surface area (Å²) in [5.41, 5.74) is 3.67. The van der Waals surface area contributed by atoms with E-state index < -0.39 is 0 Å². The first kappa shape index (κ1) is 18.5. The topological polar surface area (TPSA) is 53.5 Å². The average Bonchev–Trinajstić information content (AvgIpc) is 2.58. The molecule has 130 valence electrons. The SMILES string of the molecule is Cc1ccc(COc2ccc(CNCCNCC(C)O)cc2)cc1. The third-order valence-electron chi connectivity index (χ3n) is 3.70. The minimum absolute atomic E-state index is 0.294. The Balaban J connectivity index is 1.66. The molecule has 3 N–H and O–H groups in total. The van der Waals surface area contributed by atoms with E-state index in [2.05, 4.69) is 54.0 Å². The first-order valence-electron chi connectivity index (χ1n) is 8.50. The summed E-state index contributed by atoms with van der Waals surface area (Å²) >= 11 is 0. The maximum absolute atomic E-state index is 9.15. The summed E-state index contributed by atoms with van der Waals surface area (Å²) in [4.78, 5) is 0. The van der Waals surface area contributed by atoms with Gasteiger partial charge in [-0.1, -0.05) is 42.0 Å². The predicted octanol–water partition coefficient (Wildman–Crippen LogP) is 2.63.